The van der Waals surface area contributed by atoms with E-state index in [1.165, 1.54) is 0 Å². The van der Waals surface area contributed by atoms with E-state index in [0.29, 0.717) is 67.7 Å². The highest BCUT2D eigenvalue weighted by atomic mass is 35.5. The fraction of sp³-hybridized carbons (Fsp3) is 0.154. The molecular formula is C26H19Cl2N5O3. The van der Waals surface area contributed by atoms with Crippen molar-refractivity contribution >= 4 is 62.4 Å². The number of ether oxygens (including phenoxy) is 1. The monoisotopic (exact) mass is 519 g/mol. The standard InChI is InChI=1S/C26H19Cl2N5O3/c27-18-6-2-1-4-16(18)21-14-17(15-5-3-7-19(28)23(15)29-21)26(34)30-20-8-9-22(25-24(20)31-36-32-25)33-10-12-35-13-11-33/h1-9,14H,10-13H2,(H,30,34). The zero-order chi connectivity index (χ0) is 24.6. The van der Waals surface area contributed by atoms with Gasteiger partial charge in [0.1, 0.15) is 0 Å². The molecule has 0 atom stereocenters. The van der Waals surface area contributed by atoms with Crippen molar-refractivity contribution in [2.75, 3.05) is 36.5 Å². The highest BCUT2D eigenvalue weighted by Crippen LogP contribution is 2.34. The molecule has 1 aliphatic rings. The van der Waals surface area contributed by atoms with Gasteiger partial charge in [-0.15, -0.1) is 0 Å². The number of benzene rings is 3. The topological polar surface area (TPSA) is 93.4 Å². The minimum Gasteiger partial charge on any atom is -0.378 e. The molecule has 10 heteroatoms. The predicted molar refractivity (Wildman–Crippen MR) is 140 cm³/mol. The van der Waals surface area contributed by atoms with Gasteiger partial charge in [-0.2, -0.15) is 0 Å². The van der Waals surface area contributed by atoms with E-state index in [1.807, 2.05) is 30.3 Å². The molecule has 1 aliphatic heterocycles. The molecule has 0 unspecified atom stereocenters. The van der Waals surface area contributed by atoms with Crippen molar-refractivity contribution in [3.8, 4) is 11.3 Å². The van der Waals surface area contributed by atoms with E-state index in [4.69, 9.17) is 37.6 Å². The number of hydrogen-bond acceptors (Lipinski definition) is 7. The van der Waals surface area contributed by atoms with Crippen molar-refractivity contribution in [3.05, 3.63) is 76.3 Å². The third-order valence-electron chi connectivity index (χ3n) is 6.18. The van der Waals surface area contributed by atoms with E-state index >= 15 is 0 Å². The van der Waals surface area contributed by atoms with E-state index in [9.17, 15) is 4.79 Å². The number of carbonyl (C=O) groups is 1. The zero-order valence-electron chi connectivity index (χ0n) is 18.9. The number of nitrogens with zero attached hydrogens (tertiary/aromatic N) is 4. The fourth-order valence-corrected chi connectivity index (χ4v) is 4.86. The van der Waals surface area contributed by atoms with Crippen LogP contribution >= 0.6 is 23.2 Å². The van der Waals surface area contributed by atoms with Gasteiger partial charge in [0.15, 0.2) is 11.0 Å². The van der Waals surface area contributed by atoms with Crippen molar-refractivity contribution in [2.24, 2.45) is 0 Å². The van der Waals surface area contributed by atoms with Crippen LogP contribution in [0.5, 0.6) is 0 Å². The van der Waals surface area contributed by atoms with Crippen LogP contribution in [0.15, 0.2) is 65.3 Å². The third-order valence-corrected chi connectivity index (χ3v) is 6.81. The highest BCUT2D eigenvalue weighted by molar-refractivity contribution is 6.36. The van der Waals surface area contributed by atoms with Crippen molar-refractivity contribution in [1.82, 2.24) is 15.3 Å². The predicted octanol–water partition coefficient (Wildman–Crippen LogP) is 5.83. The molecule has 1 saturated heterocycles. The largest absolute Gasteiger partial charge is 0.378 e. The Kier molecular flexibility index (Phi) is 5.92. The Bertz CT molecular complexity index is 1610. The molecule has 180 valence electrons. The van der Waals surface area contributed by atoms with Crippen LogP contribution in [0.25, 0.3) is 33.2 Å². The maximum absolute atomic E-state index is 13.6. The normalized spacial score (nSPS) is 13.9. The molecule has 2 aromatic heterocycles. The number of hydrogen-bond donors (Lipinski definition) is 1. The number of nitrogens with one attached hydrogen (secondary N) is 1. The van der Waals surface area contributed by atoms with Crippen LogP contribution in [-0.4, -0.2) is 47.5 Å². The number of para-hydroxylation sites is 1. The molecule has 3 aromatic carbocycles. The second kappa shape index (κ2) is 9.39. The first-order valence-electron chi connectivity index (χ1n) is 11.3. The van der Waals surface area contributed by atoms with Gasteiger partial charge in [0.05, 0.1) is 46.4 Å². The van der Waals surface area contributed by atoms with Crippen LogP contribution in [0.2, 0.25) is 10.0 Å². The molecule has 8 nitrogen and oxygen atoms in total. The maximum Gasteiger partial charge on any atom is 0.256 e. The highest BCUT2D eigenvalue weighted by Gasteiger charge is 2.22. The molecule has 1 amide bonds. The number of aromatic nitrogens is 3. The Balaban J connectivity index is 1.42. The second-order valence-corrected chi connectivity index (χ2v) is 9.13. The summed E-state index contributed by atoms with van der Waals surface area (Å²) < 4.78 is 10.5. The quantitative estimate of drug-likeness (QED) is 0.319. The van der Waals surface area contributed by atoms with Crippen LogP contribution in [-0.2, 0) is 4.74 Å². The average Bonchev–Trinajstić information content (AvgIpc) is 3.40. The number of fused-ring (bicyclic) bond motifs is 2. The summed E-state index contributed by atoms with van der Waals surface area (Å²) in [5.41, 5.74) is 4.57. The van der Waals surface area contributed by atoms with Gasteiger partial charge in [-0.3, -0.25) is 4.79 Å². The lowest BCUT2D eigenvalue weighted by atomic mass is 10.0. The minimum atomic E-state index is -0.346. The summed E-state index contributed by atoms with van der Waals surface area (Å²) in [5, 5.41) is 12.7. The Hall–Kier alpha value is -3.72. The molecule has 0 bridgehead atoms. The van der Waals surface area contributed by atoms with Crippen LogP contribution in [0.4, 0.5) is 11.4 Å². The molecule has 6 rings (SSSR count). The number of morpholine rings is 1. The first-order chi connectivity index (χ1) is 17.6. The van der Waals surface area contributed by atoms with Gasteiger partial charge in [-0.1, -0.05) is 53.5 Å². The van der Waals surface area contributed by atoms with Crippen molar-refractivity contribution < 1.29 is 14.2 Å². The van der Waals surface area contributed by atoms with E-state index in [-0.39, 0.29) is 5.91 Å². The Morgan fingerprint density at radius 2 is 1.67 bits per heavy atom. The van der Waals surface area contributed by atoms with Gasteiger partial charge >= 0.3 is 0 Å². The number of amides is 1. The first-order valence-corrected chi connectivity index (χ1v) is 12.1. The van der Waals surface area contributed by atoms with Gasteiger partial charge in [-0.05, 0) is 40.6 Å². The van der Waals surface area contributed by atoms with Crippen LogP contribution in [0.1, 0.15) is 10.4 Å². The molecule has 5 aromatic rings. The molecule has 36 heavy (non-hydrogen) atoms. The number of anilines is 2. The molecule has 0 spiro atoms. The Labute approximate surface area is 215 Å². The summed E-state index contributed by atoms with van der Waals surface area (Å²) >= 11 is 12.9. The van der Waals surface area contributed by atoms with Gasteiger partial charge in [-0.25, -0.2) is 9.61 Å². The van der Waals surface area contributed by atoms with Crippen molar-refractivity contribution in [1.29, 1.82) is 0 Å². The minimum absolute atomic E-state index is 0.346. The molecular weight excluding hydrogens is 501 g/mol. The van der Waals surface area contributed by atoms with Gasteiger partial charge < -0.3 is 15.0 Å². The summed E-state index contributed by atoms with van der Waals surface area (Å²) in [5.74, 6) is -0.346. The summed E-state index contributed by atoms with van der Waals surface area (Å²) in [6.07, 6.45) is 0. The number of pyridine rings is 1. The van der Waals surface area contributed by atoms with Gasteiger partial charge in [0.25, 0.3) is 5.91 Å². The van der Waals surface area contributed by atoms with E-state index in [1.54, 1.807) is 30.3 Å². The lowest BCUT2D eigenvalue weighted by Gasteiger charge is -2.28. The number of carbonyl (C=O) groups excluding carboxylic acids is 1. The van der Waals surface area contributed by atoms with Crippen molar-refractivity contribution in [3.63, 3.8) is 0 Å². The van der Waals surface area contributed by atoms with Crippen LogP contribution < -0.4 is 10.2 Å². The van der Waals surface area contributed by atoms with Gasteiger partial charge in [0, 0.05) is 29.1 Å². The molecule has 1 fully saturated rings. The van der Waals surface area contributed by atoms with Crippen molar-refractivity contribution in [2.45, 2.75) is 0 Å². The lowest BCUT2D eigenvalue weighted by Crippen LogP contribution is -2.36. The van der Waals surface area contributed by atoms with Gasteiger partial charge in [0.2, 0.25) is 0 Å². The van der Waals surface area contributed by atoms with E-state index in [2.05, 4.69) is 20.5 Å². The first kappa shape index (κ1) is 22.7. The smallest absolute Gasteiger partial charge is 0.256 e. The Morgan fingerprint density at radius 3 is 2.50 bits per heavy atom. The maximum atomic E-state index is 13.6. The number of rotatable bonds is 4. The third kappa shape index (κ3) is 4.03. The SMILES string of the molecule is O=C(Nc1ccc(N2CCOCC2)c2nonc12)c1cc(-c2ccccc2Cl)nc2c(Cl)cccc12. The Morgan fingerprint density at radius 1 is 0.889 bits per heavy atom. The summed E-state index contributed by atoms with van der Waals surface area (Å²) in [4.78, 5) is 20.5. The van der Waals surface area contributed by atoms with E-state index < -0.39 is 0 Å². The summed E-state index contributed by atoms with van der Waals surface area (Å²) in [7, 11) is 0. The summed E-state index contributed by atoms with van der Waals surface area (Å²) in [6, 6.07) is 18.1. The van der Waals surface area contributed by atoms with E-state index in [0.717, 1.165) is 18.8 Å². The molecule has 0 saturated carbocycles. The zero-order valence-corrected chi connectivity index (χ0v) is 20.4. The molecule has 3 heterocycles. The number of halogens is 2. The molecule has 0 radical (unpaired) electrons. The molecule has 0 aliphatic carbocycles. The molecule has 1 N–H and O–H groups in total. The van der Waals surface area contributed by atoms with Crippen LogP contribution in [0.3, 0.4) is 0 Å². The lowest BCUT2D eigenvalue weighted by molar-refractivity contribution is 0.102. The summed E-state index contributed by atoms with van der Waals surface area (Å²) in [6.45, 7) is 2.75. The second-order valence-electron chi connectivity index (χ2n) is 8.32. The van der Waals surface area contributed by atoms with Crippen LogP contribution in [0, 0.1) is 0 Å². The fourth-order valence-electron chi connectivity index (χ4n) is 4.41. The average molecular weight is 520 g/mol.